The zero-order chi connectivity index (χ0) is 20.7. The van der Waals surface area contributed by atoms with Crippen LogP contribution in [0.5, 0.6) is 0 Å². The van der Waals surface area contributed by atoms with Gasteiger partial charge in [-0.05, 0) is 24.6 Å². The molecule has 0 bridgehead atoms. The summed E-state index contributed by atoms with van der Waals surface area (Å²) in [6.45, 7) is 2.17. The minimum atomic E-state index is -3.76. The van der Waals surface area contributed by atoms with Crippen LogP contribution in [0.3, 0.4) is 0 Å². The van der Waals surface area contributed by atoms with Crippen LogP contribution in [0.2, 0.25) is 0 Å². The van der Waals surface area contributed by atoms with Gasteiger partial charge in [-0.2, -0.15) is 11.8 Å². The number of thioether (sulfide) groups is 1. The fraction of sp³-hybridized carbons (Fsp3) is 0.211. The average molecular weight is 449 g/mol. The van der Waals surface area contributed by atoms with E-state index in [0.29, 0.717) is 11.3 Å². The van der Waals surface area contributed by atoms with Crippen molar-refractivity contribution in [3.63, 3.8) is 0 Å². The molecule has 2 aromatic carbocycles. The maximum atomic E-state index is 12.4. The molecule has 0 aliphatic rings. The summed E-state index contributed by atoms with van der Waals surface area (Å²) in [5.74, 6) is 1.08. The second-order valence-corrected chi connectivity index (χ2v) is 10.2. The Morgan fingerprint density at radius 2 is 1.90 bits per heavy atom. The van der Waals surface area contributed by atoms with Crippen molar-refractivity contribution in [1.82, 2.24) is 14.9 Å². The van der Waals surface area contributed by atoms with Crippen LogP contribution in [0, 0.1) is 6.92 Å². The van der Waals surface area contributed by atoms with Gasteiger partial charge >= 0.3 is 0 Å². The summed E-state index contributed by atoms with van der Waals surface area (Å²) in [4.78, 5) is 12.2. The van der Waals surface area contributed by atoms with Crippen molar-refractivity contribution in [2.24, 2.45) is 0 Å². The van der Waals surface area contributed by atoms with Gasteiger partial charge in [-0.1, -0.05) is 59.4 Å². The van der Waals surface area contributed by atoms with E-state index < -0.39 is 10.0 Å². The van der Waals surface area contributed by atoms with E-state index in [2.05, 4.69) is 20.2 Å². The third-order valence-corrected chi connectivity index (χ3v) is 7.48. The molecular formula is C19H20N4O3S3. The van der Waals surface area contributed by atoms with Crippen LogP contribution in [-0.2, 0) is 15.8 Å². The largest absolute Gasteiger partial charge is 0.296 e. The highest BCUT2D eigenvalue weighted by molar-refractivity contribution is 7.98. The summed E-state index contributed by atoms with van der Waals surface area (Å²) in [6.07, 6.45) is 0. The third kappa shape index (κ3) is 6.36. The molecule has 0 aliphatic carbocycles. The first-order valence-corrected chi connectivity index (χ1v) is 12.2. The number of hydrogen-bond donors (Lipinski definition) is 2. The summed E-state index contributed by atoms with van der Waals surface area (Å²) in [6, 6.07) is 17.1. The molecule has 0 saturated heterocycles. The fourth-order valence-electron chi connectivity index (χ4n) is 2.40. The van der Waals surface area contributed by atoms with Gasteiger partial charge in [0, 0.05) is 23.6 Å². The van der Waals surface area contributed by atoms with Gasteiger partial charge < -0.3 is 0 Å². The van der Waals surface area contributed by atoms with Crippen molar-refractivity contribution >= 4 is 44.2 Å². The predicted molar refractivity (Wildman–Crippen MR) is 117 cm³/mol. The Labute approximate surface area is 178 Å². The molecule has 152 valence electrons. The molecule has 0 radical (unpaired) electrons. The normalized spacial score (nSPS) is 11.3. The SMILES string of the molecule is Cc1cccc(C(=O)Nc2nnc(S(=O)(=O)NCCSCc3ccccc3)s2)c1. The van der Waals surface area contributed by atoms with Gasteiger partial charge in [-0.15, -0.1) is 10.2 Å². The number of aryl methyl sites for hydroxylation is 1. The number of nitrogens with one attached hydrogen (secondary N) is 2. The Kier molecular flexibility index (Phi) is 7.37. The van der Waals surface area contributed by atoms with E-state index in [-0.39, 0.29) is 21.9 Å². The van der Waals surface area contributed by atoms with Gasteiger partial charge in [0.15, 0.2) is 0 Å². The van der Waals surface area contributed by atoms with E-state index in [1.54, 1.807) is 30.0 Å². The fourth-order valence-corrected chi connectivity index (χ4v) is 5.31. The Hall–Kier alpha value is -2.27. The quantitative estimate of drug-likeness (QED) is 0.385. The van der Waals surface area contributed by atoms with E-state index in [1.165, 1.54) is 5.56 Å². The van der Waals surface area contributed by atoms with Crippen LogP contribution < -0.4 is 10.0 Å². The lowest BCUT2D eigenvalue weighted by Crippen LogP contribution is -2.26. The standard InChI is InChI=1S/C19H20N4O3S3/c1-14-6-5-9-16(12-14)17(24)21-18-22-23-19(28-18)29(25,26)20-10-11-27-13-15-7-3-2-4-8-15/h2-9,12,20H,10-11,13H2,1H3,(H,21,22,24). The monoisotopic (exact) mass is 448 g/mol. The van der Waals surface area contributed by atoms with Crippen LogP contribution in [0.15, 0.2) is 58.9 Å². The summed E-state index contributed by atoms with van der Waals surface area (Å²) in [5, 5.41) is 10.2. The van der Waals surface area contributed by atoms with Crippen LogP contribution in [-0.4, -0.2) is 36.8 Å². The number of rotatable bonds is 9. The zero-order valence-electron chi connectivity index (χ0n) is 15.7. The lowest BCUT2D eigenvalue weighted by atomic mass is 10.1. The van der Waals surface area contributed by atoms with Gasteiger partial charge in [-0.3, -0.25) is 10.1 Å². The van der Waals surface area contributed by atoms with Crippen LogP contribution in [0.25, 0.3) is 0 Å². The number of anilines is 1. The number of hydrogen-bond acceptors (Lipinski definition) is 7. The molecule has 10 heteroatoms. The molecule has 0 aliphatic heterocycles. The van der Waals surface area contributed by atoms with E-state index in [4.69, 9.17) is 0 Å². The summed E-state index contributed by atoms with van der Waals surface area (Å²) in [7, 11) is -3.76. The number of carbonyl (C=O) groups excluding carboxylic acids is 1. The molecule has 1 heterocycles. The third-order valence-electron chi connectivity index (χ3n) is 3.79. The van der Waals surface area contributed by atoms with E-state index in [9.17, 15) is 13.2 Å². The Morgan fingerprint density at radius 3 is 2.66 bits per heavy atom. The molecule has 0 fully saturated rings. The molecule has 1 aromatic heterocycles. The first kappa shape index (κ1) is 21.4. The molecule has 2 N–H and O–H groups in total. The van der Waals surface area contributed by atoms with E-state index >= 15 is 0 Å². The summed E-state index contributed by atoms with van der Waals surface area (Å²) in [5.41, 5.74) is 2.61. The number of carbonyl (C=O) groups is 1. The summed E-state index contributed by atoms with van der Waals surface area (Å²) >= 11 is 2.45. The molecule has 0 saturated carbocycles. The minimum Gasteiger partial charge on any atom is -0.296 e. The number of nitrogens with zero attached hydrogens (tertiary/aromatic N) is 2. The molecule has 1 amide bonds. The Morgan fingerprint density at radius 1 is 1.10 bits per heavy atom. The zero-order valence-corrected chi connectivity index (χ0v) is 18.1. The number of benzene rings is 2. The van der Waals surface area contributed by atoms with Crippen molar-refractivity contribution in [2.45, 2.75) is 17.0 Å². The lowest BCUT2D eigenvalue weighted by molar-refractivity contribution is 0.102. The van der Waals surface area contributed by atoms with Crippen molar-refractivity contribution in [3.05, 3.63) is 71.3 Å². The second-order valence-electron chi connectivity index (χ2n) is 6.13. The van der Waals surface area contributed by atoms with E-state index in [1.807, 2.05) is 43.3 Å². The maximum absolute atomic E-state index is 12.4. The lowest BCUT2D eigenvalue weighted by Gasteiger charge is -2.04. The maximum Gasteiger partial charge on any atom is 0.269 e. The van der Waals surface area contributed by atoms with Gasteiger partial charge in [0.2, 0.25) is 9.47 Å². The van der Waals surface area contributed by atoms with Crippen molar-refractivity contribution in [3.8, 4) is 0 Å². The highest BCUT2D eigenvalue weighted by Crippen LogP contribution is 2.20. The highest BCUT2D eigenvalue weighted by atomic mass is 32.2. The topological polar surface area (TPSA) is 101 Å². The van der Waals surface area contributed by atoms with Gasteiger partial charge in [0.05, 0.1) is 0 Å². The second kappa shape index (κ2) is 9.97. The number of amides is 1. The van der Waals surface area contributed by atoms with Crippen LogP contribution >= 0.6 is 23.1 Å². The van der Waals surface area contributed by atoms with Crippen molar-refractivity contribution in [1.29, 1.82) is 0 Å². The number of aromatic nitrogens is 2. The van der Waals surface area contributed by atoms with Crippen molar-refractivity contribution in [2.75, 3.05) is 17.6 Å². The predicted octanol–water partition coefficient (Wildman–Crippen LogP) is 3.31. The van der Waals surface area contributed by atoms with Crippen molar-refractivity contribution < 1.29 is 13.2 Å². The average Bonchev–Trinajstić information content (AvgIpc) is 3.18. The minimum absolute atomic E-state index is 0.135. The number of sulfonamides is 1. The van der Waals surface area contributed by atoms with Gasteiger partial charge in [0.1, 0.15) is 0 Å². The highest BCUT2D eigenvalue weighted by Gasteiger charge is 2.20. The molecule has 0 unspecified atom stereocenters. The van der Waals surface area contributed by atoms with Crippen LogP contribution in [0.4, 0.5) is 5.13 Å². The first-order valence-electron chi connectivity index (χ1n) is 8.77. The Bertz CT molecular complexity index is 1070. The van der Waals surface area contributed by atoms with Gasteiger partial charge in [-0.25, -0.2) is 13.1 Å². The smallest absolute Gasteiger partial charge is 0.269 e. The van der Waals surface area contributed by atoms with Crippen LogP contribution in [0.1, 0.15) is 21.5 Å². The summed E-state index contributed by atoms with van der Waals surface area (Å²) < 4.78 is 27.0. The molecule has 3 rings (SSSR count). The van der Waals surface area contributed by atoms with Gasteiger partial charge in [0.25, 0.3) is 15.9 Å². The molecule has 3 aromatic rings. The molecule has 7 nitrogen and oxygen atoms in total. The first-order chi connectivity index (χ1) is 13.9. The molecule has 0 spiro atoms. The van der Waals surface area contributed by atoms with E-state index in [0.717, 1.165) is 22.7 Å². The Balaban J connectivity index is 1.49. The molecular weight excluding hydrogens is 428 g/mol. The molecule has 0 atom stereocenters. The molecule has 29 heavy (non-hydrogen) atoms.